The molecule has 1 aromatic heterocycles. The first-order valence-electron chi connectivity index (χ1n) is 9.01. The summed E-state index contributed by atoms with van der Waals surface area (Å²) in [5.74, 6) is 0.899. The summed E-state index contributed by atoms with van der Waals surface area (Å²) in [5, 5.41) is 4.17. The van der Waals surface area contributed by atoms with Gasteiger partial charge in [-0.05, 0) is 51.6 Å². The van der Waals surface area contributed by atoms with Gasteiger partial charge in [-0.1, -0.05) is 6.07 Å². The average molecular weight is 344 g/mol. The second-order valence-corrected chi connectivity index (χ2v) is 6.76. The molecule has 6 nitrogen and oxygen atoms in total. The maximum atomic E-state index is 12.3. The van der Waals surface area contributed by atoms with Gasteiger partial charge in [0.1, 0.15) is 5.75 Å². The van der Waals surface area contributed by atoms with Crippen molar-refractivity contribution in [2.75, 3.05) is 40.3 Å². The second kappa shape index (κ2) is 7.78. The monoisotopic (exact) mass is 344 g/mol. The van der Waals surface area contributed by atoms with E-state index in [-0.39, 0.29) is 6.03 Å². The fraction of sp³-hybridized carbons (Fsp3) is 0.526. The Labute approximate surface area is 149 Å². The number of benzene rings is 1. The van der Waals surface area contributed by atoms with E-state index in [0.717, 1.165) is 42.6 Å². The fourth-order valence-corrected chi connectivity index (χ4v) is 3.46. The van der Waals surface area contributed by atoms with Gasteiger partial charge in [0.25, 0.3) is 0 Å². The Morgan fingerprint density at radius 2 is 2.28 bits per heavy atom. The number of fused-ring (bicyclic) bond motifs is 1. The number of nitrogens with one attached hydrogen (secondary N) is 2. The van der Waals surface area contributed by atoms with Gasteiger partial charge in [-0.3, -0.25) is 0 Å². The summed E-state index contributed by atoms with van der Waals surface area (Å²) in [5.41, 5.74) is 2.24. The topological polar surface area (TPSA) is 60.6 Å². The SMILES string of the molecule is CCOc1cccc2[nH]cc(CCNC(=O)N3CC[C@@H](N(C)C)C3)c12. The van der Waals surface area contributed by atoms with Gasteiger partial charge >= 0.3 is 6.03 Å². The minimum atomic E-state index is 0.0363. The highest BCUT2D eigenvalue weighted by Gasteiger charge is 2.27. The molecule has 0 saturated carbocycles. The maximum absolute atomic E-state index is 12.3. The summed E-state index contributed by atoms with van der Waals surface area (Å²) in [6.07, 6.45) is 3.83. The summed E-state index contributed by atoms with van der Waals surface area (Å²) >= 11 is 0. The number of rotatable bonds is 6. The Kier molecular flexibility index (Phi) is 5.48. The molecule has 1 aliphatic heterocycles. The molecular weight excluding hydrogens is 316 g/mol. The lowest BCUT2D eigenvalue weighted by molar-refractivity contribution is 0.203. The zero-order valence-corrected chi connectivity index (χ0v) is 15.3. The van der Waals surface area contributed by atoms with Gasteiger partial charge in [0.2, 0.25) is 0 Å². The minimum Gasteiger partial charge on any atom is -0.493 e. The first kappa shape index (κ1) is 17.6. The molecule has 2 N–H and O–H groups in total. The summed E-state index contributed by atoms with van der Waals surface area (Å²) in [7, 11) is 4.14. The van der Waals surface area contributed by atoms with E-state index in [2.05, 4.69) is 29.3 Å². The van der Waals surface area contributed by atoms with Crippen LogP contribution < -0.4 is 10.1 Å². The van der Waals surface area contributed by atoms with E-state index in [1.165, 1.54) is 5.56 Å². The number of likely N-dealkylation sites (N-methyl/N-ethyl adjacent to an activating group) is 1. The Hall–Kier alpha value is -2.21. The van der Waals surface area contributed by atoms with Gasteiger partial charge in [-0.15, -0.1) is 0 Å². The average Bonchev–Trinajstić information content (AvgIpc) is 3.23. The number of aromatic amines is 1. The number of likely N-dealkylation sites (tertiary alicyclic amines) is 1. The molecule has 6 heteroatoms. The van der Waals surface area contributed by atoms with Crippen LogP contribution in [0.25, 0.3) is 10.9 Å². The van der Waals surface area contributed by atoms with E-state index in [1.807, 2.05) is 36.2 Å². The highest BCUT2D eigenvalue weighted by atomic mass is 16.5. The first-order valence-corrected chi connectivity index (χ1v) is 9.01. The number of hydrogen-bond donors (Lipinski definition) is 2. The molecule has 0 unspecified atom stereocenters. The predicted molar refractivity (Wildman–Crippen MR) is 100 cm³/mol. The van der Waals surface area contributed by atoms with Crippen LogP contribution in [0.3, 0.4) is 0 Å². The summed E-state index contributed by atoms with van der Waals surface area (Å²) in [6.45, 7) is 4.89. The van der Waals surface area contributed by atoms with Crippen molar-refractivity contribution in [1.82, 2.24) is 20.1 Å². The van der Waals surface area contributed by atoms with Gasteiger partial charge in [0.05, 0.1) is 6.61 Å². The molecule has 1 aliphatic rings. The molecule has 1 saturated heterocycles. The van der Waals surface area contributed by atoms with Gasteiger partial charge in [0, 0.05) is 42.8 Å². The Balaban J connectivity index is 1.57. The molecule has 2 amide bonds. The van der Waals surface area contributed by atoms with Crippen molar-refractivity contribution in [3.8, 4) is 5.75 Å². The van der Waals surface area contributed by atoms with Gasteiger partial charge < -0.3 is 24.8 Å². The van der Waals surface area contributed by atoms with Crippen LogP contribution in [0.4, 0.5) is 4.79 Å². The van der Waals surface area contributed by atoms with Crippen molar-refractivity contribution in [1.29, 1.82) is 0 Å². The molecule has 0 aliphatic carbocycles. The highest BCUT2D eigenvalue weighted by molar-refractivity contribution is 5.89. The molecule has 1 fully saturated rings. The third-order valence-corrected chi connectivity index (χ3v) is 4.90. The molecular formula is C19H28N4O2. The lowest BCUT2D eigenvalue weighted by atomic mass is 10.1. The largest absolute Gasteiger partial charge is 0.493 e. The van der Waals surface area contributed by atoms with Crippen molar-refractivity contribution in [2.24, 2.45) is 0 Å². The standard InChI is InChI=1S/C19H28N4O2/c1-4-25-17-7-5-6-16-18(17)14(12-21-16)8-10-20-19(24)23-11-9-15(13-23)22(2)3/h5-7,12,15,21H,4,8-11,13H2,1-3H3,(H,20,24)/t15-/m1/s1. The van der Waals surface area contributed by atoms with Crippen LogP contribution in [0, 0.1) is 0 Å². The van der Waals surface area contributed by atoms with Gasteiger partial charge in [-0.2, -0.15) is 0 Å². The molecule has 2 aromatic rings. The summed E-state index contributed by atoms with van der Waals surface area (Å²) < 4.78 is 5.74. The summed E-state index contributed by atoms with van der Waals surface area (Å²) in [4.78, 5) is 19.7. The molecule has 1 atom stereocenters. The van der Waals surface area contributed by atoms with Crippen LogP contribution in [0.15, 0.2) is 24.4 Å². The first-order chi connectivity index (χ1) is 12.1. The number of carbonyl (C=O) groups is 1. The van der Waals surface area contributed by atoms with Crippen molar-refractivity contribution in [3.05, 3.63) is 30.0 Å². The zero-order chi connectivity index (χ0) is 17.8. The lowest BCUT2D eigenvalue weighted by Crippen LogP contribution is -2.41. The van der Waals surface area contributed by atoms with Crippen LogP contribution in [-0.2, 0) is 6.42 Å². The van der Waals surface area contributed by atoms with Crippen molar-refractivity contribution < 1.29 is 9.53 Å². The van der Waals surface area contributed by atoms with E-state index in [4.69, 9.17) is 4.74 Å². The normalized spacial score (nSPS) is 17.4. The number of aromatic nitrogens is 1. The molecule has 2 heterocycles. The number of urea groups is 1. The van der Waals surface area contributed by atoms with Gasteiger partial charge in [0.15, 0.2) is 0 Å². The smallest absolute Gasteiger partial charge is 0.317 e. The van der Waals surface area contributed by atoms with Crippen LogP contribution in [0.5, 0.6) is 5.75 Å². The van der Waals surface area contributed by atoms with Crippen molar-refractivity contribution in [2.45, 2.75) is 25.8 Å². The molecule has 136 valence electrons. The third-order valence-electron chi connectivity index (χ3n) is 4.90. The number of carbonyl (C=O) groups excluding carboxylic acids is 1. The van der Waals surface area contributed by atoms with Crippen molar-refractivity contribution >= 4 is 16.9 Å². The third kappa shape index (κ3) is 3.90. The molecule has 0 bridgehead atoms. The quantitative estimate of drug-likeness (QED) is 0.846. The van der Waals surface area contributed by atoms with Crippen molar-refractivity contribution in [3.63, 3.8) is 0 Å². The predicted octanol–water partition coefficient (Wildman–Crippen LogP) is 2.45. The number of H-pyrrole nitrogens is 1. The Morgan fingerprint density at radius 1 is 1.44 bits per heavy atom. The minimum absolute atomic E-state index is 0.0363. The molecule has 1 aromatic carbocycles. The number of nitrogens with zero attached hydrogens (tertiary/aromatic N) is 2. The fourth-order valence-electron chi connectivity index (χ4n) is 3.46. The number of amides is 2. The van der Waals surface area contributed by atoms with Crippen LogP contribution >= 0.6 is 0 Å². The zero-order valence-electron chi connectivity index (χ0n) is 15.3. The highest BCUT2D eigenvalue weighted by Crippen LogP contribution is 2.29. The van der Waals surface area contributed by atoms with Crippen LogP contribution in [0.2, 0.25) is 0 Å². The Bertz CT molecular complexity index is 725. The number of hydrogen-bond acceptors (Lipinski definition) is 3. The van der Waals surface area contributed by atoms with E-state index in [9.17, 15) is 4.79 Å². The second-order valence-electron chi connectivity index (χ2n) is 6.76. The molecule has 0 spiro atoms. The molecule has 0 radical (unpaired) electrons. The maximum Gasteiger partial charge on any atom is 0.317 e. The van der Waals surface area contributed by atoms with E-state index >= 15 is 0 Å². The van der Waals surface area contributed by atoms with E-state index in [1.54, 1.807) is 0 Å². The van der Waals surface area contributed by atoms with E-state index < -0.39 is 0 Å². The summed E-state index contributed by atoms with van der Waals surface area (Å²) in [6, 6.07) is 6.53. The number of ether oxygens (including phenoxy) is 1. The van der Waals surface area contributed by atoms with Gasteiger partial charge in [-0.25, -0.2) is 4.79 Å². The van der Waals surface area contributed by atoms with E-state index in [0.29, 0.717) is 19.2 Å². The molecule has 25 heavy (non-hydrogen) atoms. The Morgan fingerprint density at radius 3 is 3.00 bits per heavy atom. The lowest BCUT2D eigenvalue weighted by Gasteiger charge is -2.20. The van der Waals surface area contributed by atoms with Crippen LogP contribution in [0.1, 0.15) is 18.9 Å². The molecule has 3 rings (SSSR count). The van der Waals surface area contributed by atoms with Crippen LogP contribution in [-0.4, -0.2) is 67.2 Å².